The second-order valence-corrected chi connectivity index (χ2v) is 7.34. The fraction of sp³-hybridized carbons (Fsp3) is 0.812. The highest BCUT2D eigenvalue weighted by Gasteiger charge is 2.52. The summed E-state index contributed by atoms with van der Waals surface area (Å²) in [5.74, 6) is -0.637. The molecule has 1 spiro atoms. The highest BCUT2D eigenvalue weighted by molar-refractivity contribution is 6.08. The topological polar surface area (TPSA) is 92.2 Å². The summed E-state index contributed by atoms with van der Waals surface area (Å²) >= 11 is 0. The van der Waals surface area contributed by atoms with E-state index in [1.807, 2.05) is 13.8 Å². The predicted molar refractivity (Wildman–Crippen MR) is 84.9 cm³/mol. The summed E-state index contributed by atoms with van der Waals surface area (Å²) in [5, 5.41) is 3.66. The largest absolute Gasteiger partial charge is 0.364 e. The first kappa shape index (κ1) is 17.2. The van der Waals surface area contributed by atoms with E-state index in [0.717, 1.165) is 42.3 Å². The molecule has 8 heteroatoms. The summed E-state index contributed by atoms with van der Waals surface area (Å²) in [4.78, 5) is 38.2. The van der Waals surface area contributed by atoms with Gasteiger partial charge in [0, 0.05) is 0 Å². The minimum absolute atomic E-state index is 0.0961. The molecule has 134 valence electrons. The van der Waals surface area contributed by atoms with Gasteiger partial charge in [-0.05, 0) is 26.7 Å². The maximum atomic E-state index is 12.6. The van der Waals surface area contributed by atoms with Crippen LogP contribution in [0.5, 0.6) is 0 Å². The monoisotopic (exact) mass is 339 g/mol. The molecule has 2 saturated heterocycles. The number of ether oxygens (including phenoxy) is 1. The van der Waals surface area contributed by atoms with E-state index in [4.69, 9.17) is 4.74 Å². The van der Waals surface area contributed by atoms with Crippen LogP contribution in [0, 0.1) is 0 Å². The highest BCUT2D eigenvalue weighted by Crippen LogP contribution is 2.32. The summed E-state index contributed by atoms with van der Waals surface area (Å²) in [6.07, 6.45) is 4.40. The van der Waals surface area contributed by atoms with Crippen molar-refractivity contribution in [3.63, 3.8) is 0 Å². The Bertz CT molecular complexity index is 522. The average Bonchev–Trinajstić information content (AvgIpc) is 2.71. The van der Waals surface area contributed by atoms with E-state index < -0.39 is 11.6 Å². The molecule has 0 aromatic rings. The first-order valence-corrected chi connectivity index (χ1v) is 8.85. The van der Waals surface area contributed by atoms with E-state index in [2.05, 4.69) is 10.7 Å². The number of urea groups is 1. The molecule has 3 N–H and O–H groups in total. The number of quaternary nitrogens is 1. The minimum Gasteiger partial charge on any atom is -0.364 e. The van der Waals surface area contributed by atoms with Crippen molar-refractivity contribution in [1.82, 2.24) is 15.8 Å². The molecule has 3 atom stereocenters. The maximum absolute atomic E-state index is 12.6. The number of amides is 4. The van der Waals surface area contributed by atoms with Crippen molar-refractivity contribution in [2.45, 2.75) is 63.7 Å². The van der Waals surface area contributed by atoms with Gasteiger partial charge in [-0.15, -0.1) is 0 Å². The molecule has 1 aliphatic carbocycles. The van der Waals surface area contributed by atoms with Gasteiger partial charge in [-0.1, -0.05) is 19.3 Å². The zero-order valence-corrected chi connectivity index (χ0v) is 14.4. The number of hydrazine groups is 1. The lowest BCUT2D eigenvalue weighted by Gasteiger charge is -2.32. The third-order valence-corrected chi connectivity index (χ3v) is 5.13. The van der Waals surface area contributed by atoms with Crippen molar-refractivity contribution in [2.75, 3.05) is 19.6 Å². The van der Waals surface area contributed by atoms with Gasteiger partial charge in [0.25, 0.3) is 11.8 Å². The highest BCUT2D eigenvalue weighted by atomic mass is 16.5. The first-order chi connectivity index (χ1) is 11.4. The number of hydrogen-bond donors (Lipinski definition) is 3. The molecular weight excluding hydrogens is 312 g/mol. The molecule has 3 aliphatic rings. The van der Waals surface area contributed by atoms with E-state index in [1.54, 1.807) is 0 Å². The lowest BCUT2D eigenvalue weighted by atomic mass is 9.82. The second kappa shape index (κ2) is 6.68. The van der Waals surface area contributed by atoms with E-state index >= 15 is 0 Å². The van der Waals surface area contributed by atoms with Gasteiger partial charge in [0.15, 0.2) is 6.54 Å². The Morgan fingerprint density at radius 2 is 1.88 bits per heavy atom. The smallest absolute Gasteiger partial charge is 0.344 e. The molecule has 8 nitrogen and oxygen atoms in total. The summed E-state index contributed by atoms with van der Waals surface area (Å²) in [5.41, 5.74) is 1.69. The standard InChI is InChI=1S/C16H26N4O4/c1-11-8-19(9-12(2)24-11)10-13(21)18-20-14(22)16(17-15(20)23)6-4-3-5-7-16/h11-12H,3-10H2,1-2H3,(H,17,23)(H,18,21)/p+1/t11-,12+. The van der Waals surface area contributed by atoms with Gasteiger partial charge in [-0.25, -0.2) is 4.79 Å². The summed E-state index contributed by atoms with van der Waals surface area (Å²) < 4.78 is 5.66. The number of carbonyl (C=O) groups excluding carboxylic acids is 3. The molecule has 0 bridgehead atoms. The van der Waals surface area contributed by atoms with Crippen molar-refractivity contribution >= 4 is 17.8 Å². The SMILES string of the molecule is C[C@@H]1C[NH+](CC(=O)NN2C(=O)NC3(CCCCC3)C2=O)C[C@H](C)O1. The Labute approximate surface area is 141 Å². The number of carbonyl (C=O) groups is 3. The maximum Gasteiger partial charge on any atom is 0.344 e. The van der Waals surface area contributed by atoms with Crippen LogP contribution >= 0.6 is 0 Å². The summed E-state index contributed by atoms with van der Waals surface area (Å²) in [7, 11) is 0. The van der Waals surface area contributed by atoms with Crippen LogP contribution in [-0.2, 0) is 14.3 Å². The molecule has 0 aromatic carbocycles. The second-order valence-electron chi connectivity index (χ2n) is 7.34. The number of imide groups is 1. The van der Waals surface area contributed by atoms with Gasteiger partial charge in [0.05, 0.1) is 0 Å². The first-order valence-electron chi connectivity index (χ1n) is 8.85. The Balaban J connectivity index is 1.58. The third-order valence-electron chi connectivity index (χ3n) is 5.13. The molecular formula is C16H27N4O4+. The summed E-state index contributed by atoms with van der Waals surface area (Å²) in [6.45, 7) is 5.67. The number of morpholine rings is 1. The normalized spacial score (nSPS) is 32.8. The Morgan fingerprint density at radius 1 is 1.25 bits per heavy atom. The van der Waals surface area contributed by atoms with Crippen molar-refractivity contribution in [3.05, 3.63) is 0 Å². The number of nitrogens with zero attached hydrogens (tertiary/aromatic N) is 1. The van der Waals surface area contributed by atoms with Gasteiger partial charge >= 0.3 is 6.03 Å². The lowest BCUT2D eigenvalue weighted by molar-refractivity contribution is -0.907. The number of nitrogens with one attached hydrogen (secondary N) is 3. The van der Waals surface area contributed by atoms with Gasteiger partial charge in [0.1, 0.15) is 30.8 Å². The average molecular weight is 339 g/mol. The van der Waals surface area contributed by atoms with Crippen LogP contribution in [0.1, 0.15) is 46.0 Å². The molecule has 4 amide bonds. The van der Waals surface area contributed by atoms with Crippen molar-refractivity contribution in [3.8, 4) is 0 Å². The van der Waals surface area contributed by atoms with Crippen LogP contribution in [0.2, 0.25) is 0 Å². The molecule has 1 saturated carbocycles. The lowest BCUT2D eigenvalue weighted by Crippen LogP contribution is -3.16. The van der Waals surface area contributed by atoms with Crippen LogP contribution < -0.4 is 15.6 Å². The Kier molecular flexibility index (Phi) is 4.78. The third kappa shape index (κ3) is 3.39. The van der Waals surface area contributed by atoms with Crippen molar-refractivity contribution < 1.29 is 24.0 Å². The van der Waals surface area contributed by atoms with E-state index in [-0.39, 0.29) is 30.6 Å². The van der Waals surface area contributed by atoms with Crippen LogP contribution in [0.4, 0.5) is 4.79 Å². The van der Waals surface area contributed by atoms with Crippen molar-refractivity contribution in [2.24, 2.45) is 0 Å². The molecule has 3 fully saturated rings. The van der Waals surface area contributed by atoms with Crippen LogP contribution in [0.3, 0.4) is 0 Å². The zero-order chi connectivity index (χ0) is 17.3. The quantitative estimate of drug-likeness (QED) is 0.573. The Hall–Kier alpha value is -1.67. The molecule has 0 aromatic heterocycles. The molecule has 3 rings (SSSR count). The van der Waals surface area contributed by atoms with E-state index in [1.165, 1.54) is 0 Å². The molecule has 1 unspecified atom stereocenters. The molecule has 2 heterocycles. The molecule has 0 radical (unpaired) electrons. The van der Waals surface area contributed by atoms with Gasteiger partial charge < -0.3 is 15.0 Å². The molecule has 24 heavy (non-hydrogen) atoms. The van der Waals surface area contributed by atoms with Gasteiger partial charge in [0.2, 0.25) is 0 Å². The summed E-state index contributed by atoms with van der Waals surface area (Å²) in [6, 6.07) is -0.519. The fourth-order valence-electron chi connectivity index (χ4n) is 4.14. The van der Waals surface area contributed by atoms with Crippen LogP contribution in [-0.4, -0.2) is 60.2 Å². The van der Waals surface area contributed by atoms with Crippen LogP contribution in [0.15, 0.2) is 0 Å². The van der Waals surface area contributed by atoms with Gasteiger partial charge in [-0.2, -0.15) is 5.01 Å². The van der Waals surface area contributed by atoms with Crippen molar-refractivity contribution in [1.29, 1.82) is 0 Å². The number of rotatable bonds is 3. The zero-order valence-electron chi connectivity index (χ0n) is 14.4. The van der Waals surface area contributed by atoms with Gasteiger partial charge in [-0.3, -0.25) is 15.0 Å². The van der Waals surface area contributed by atoms with E-state index in [9.17, 15) is 14.4 Å². The predicted octanol–water partition coefficient (Wildman–Crippen LogP) is -1.04. The number of hydrogen-bond acceptors (Lipinski definition) is 4. The molecule has 2 aliphatic heterocycles. The minimum atomic E-state index is -0.808. The fourth-order valence-corrected chi connectivity index (χ4v) is 4.14. The Morgan fingerprint density at radius 3 is 2.50 bits per heavy atom. The van der Waals surface area contributed by atoms with Crippen LogP contribution in [0.25, 0.3) is 0 Å². The van der Waals surface area contributed by atoms with E-state index in [0.29, 0.717) is 12.8 Å².